The van der Waals surface area contributed by atoms with Crippen molar-refractivity contribution in [3.63, 3.8) is 0 Å². The Morgan fingerprint density at radius 3 is 2.41 bits per heavy atom. The summed E-state index contributed by atoms with van der Waals surface area (Å²) in [5, 5.41) is 3.33. The molecule has 2 aromatic heterocycles. The highest BCUT2D eigenvalue weighted by atomic mass is 19.4. The molecule has 3 aromatic carbocycles. The number of hydrogen-bond acceptors (Lipinski definition) is 4. The summed E-state index contributed by atoms with van der Waals surface area (Å²) >= 11 is 0. The second-order valence-corrected chi connectivity index (χ2v) is 7.19. The second kappa shape index (κ2) is 7.81. The van der Waals surface area contributed by atoms with Gasteiger partial charge in [0.15, 0.2) is 0 Å². The normalized spacial score (nSPS) is 11.6. The third-order valence-corrected chi connectivity index (χ3v) is 4.98. The van der Waals surface area contributed by atoms with Gasteiger partial charge in [-0.25, -0.2) is 4.98 Å². The van der Waals surface area contributed by atoms with E-state index in [1.165, 1.54) is 6.07 Å². The van der Waals surface area contributed by atoms with Gasteiger partial charge < -0.3 is 10.3 Å². The number of rotatable bonds is 4. The highest BCUT2D eigenvalue weighted by molar-refractivity contribution is 5.81. The lowest BCUT2D eigenvalue weighted by molar-refractivity contribution is -0.137. The minimum absolute atomic E-state index is 0.341. The van der Waals surface area contributed by atoms with E-state index in [2.05, 4.69) is 25.3 Å². The van der Waals surface area contributed by atoms with E-state index in [0.29, 0.717) is 16.9 Å². The maximum absolute atomic E-state index is 13.0. The van der Waals surface area contributed by atoms with Crippen LogP contribution in [0.2, 0.25) is 0 Å². The number of H-pyrrole nitrogens is 1. The van der Waals surface area contributed by atoms with Crippen LogP contribution in [-0.2, 0) is 6.18 Å². The fourth-order valence-corrected chi connectivity index (χ4v) is 3.41. The molecule has 0 bridgehead atoms. The smallest absolute Gasteiger partial charge is 0.356 e. The van der Waals surface area contributed by atoms with Crippen LogP contribution in [0.1, 0.15) is 5.56 Å². The summed E-state index contributed by atoms with van der Waals surface area (Å²) in [6.45, 7) is 0. The lowest BCUT2D eigenvalue weighted by Crippen LogP contribution is -2.04. The predicted octanol–water partition coefficient (Wildman–Crippen LogP) is 6.45. The number of imidazole rings is 1. The van der Waals surface area contributed by atoms with Crippen molar-refractivity contribution in [2.24, 2.45) is 0 Å². The van der Waals surface area contributed by atoms with Crippen LogP contribution in [0, 0.1) is 0 Å². The SMILES string of the molecule is FC(F)(F)c1ccc2nc(-c3cccc(Nc4ccc(-c5cnccn5)cc4)c3)[nH]c2c1. The third-order valence-electron chi connectivity index (χ3n) is 4.98. The van der Waals surface area contributed by atoms with E-state index in [4.69, 9.17) is 0 Å². The van der Waals surface area contributed by atoms with Crippen LogP contribution in [0.15, 0.2) is 85.3 Å². The molecular formula is C24H16F3N5. The van der Waals surface area contributed by atoms with Crippen molar-refractivity contribution in [2.45, 2.75) is 6.18 Å². The summed E-state index contributed by atoms with van der Waals surface area (Å²) < 4.78 is 38.9. The Morgan fingerprint density at radius 2 is 1.66 bits per heavy atom. The van der Waals surface area contributed by atoms with Gasteiger partial charge in [0, 0.05) is 34.9 Å². The van der Waals surface area contributed by atoms with Gasteiger partial charge in [-0.05, 0) is 42.5 Å². The van der Waals surface area contributed by atoms with E-state index < -0.39 is 11.7 Å². The Kier molecular flexibility index (Phi) is 4.82. The van der Waals surface area contributed by atoms with Gasteiger partial charge in [-0.15, -0.1) is 0 Å². The molecule has 2 heterocycles. The Labute approximate surface area is 181 Å². The molecule has 0 amide bonds. The van der Waals surface area contributed by atoms with Crippen LogP contribution >= 0.6 is 0 Å². The molecule has 0 aliphatic rings. The number of aromatic amines is 1. The molecule has 0 atom stereocenters. The largest absolute Gasteiger partial charge is 0.416 e. The standard InChI is InChI=1S/C24H16F3N5/c25-24(26,27)17-6-9-20-21(13-17)32-23(31-20)16-2-1-3-19(12-16)30-18-7-4-15(5-8-18)22-14-28-10-11-29-22/h1-14,30H,(H,31,32). The van der Waals surface area contributed by atoms with E-state index in [1.54, 1.807) is 18.6 Å². The summed E-state index contributed by atoms with van der Waals surface area (Å²) in [6, 6.07) is 18.8. The molecule has 0 spiro atoms. The van der Waals surface area contributed by atoms with Crippen LogP contribution in [0.3, 0.4) is 0 Å². The Balaban J connectivity index is 1.39. The zero-order chi connectivity index (χ0) is 22.1. The molecule has 0 fully saturated rings. The molecule has 0 saturated heterocycles. The monoisotopic (exact) mass is 431 g/mol. The summed E-state index contributed by atoms with van der Waals surface area (Å²) in [4.78, 5) is 15.8. The van der Waals surface area contributed by atoms with Gasteiger partial charge in [0.2, 0.25) is 0 Å². The van der Waals surface area contributed by atoms with Crippen molar-refractivity contribution in [1.82, 2.24) is 19.9 Å². The number of anilines is 2. The second-order valence-electron chi connectivity index (χ2n) is 7.19. The number of aromatic nitrogens is 4. The van der Waals surface area contributed by atoms with Gasteiger partial charge in [0.25, 0.3) is 0 Å². The first kappa shape index (κ1) is 19.7. The molecule has 8 heteroatoms. The van der Waals surface area contributed by atoms with Crippen molar-refractivity contribution in [2.75, 3.05) is 5.32 Å². The Hall–Kier alpha value is -4.20. The fourth-order valence-electron chi connectivity index (χ4n) is 3.41. The van der Waals surface area contributed by atoms with Gasteiger partial charge in [-0.3, -0.25) is 9.97 Å². The van der Waals surface area contributed by atoms with Gasteiger partial charge >= 0.3 is 6.18 Å². The van der Waals surface area contributed by atoms with Crippen molar-refractivity contribution in [3.8, 4) is 22.6 Å². The number of fused-ring (bicyclic) bond motifs is 1. The number of alkyl halides is 3. The van der Waals surface area contributed by atoms with Crippen LogP contribution in [-0.4, -0.2) is 19.9 Å². The van der Waals surface area contributed by atoms with Gasteiger partial charge in [-0.1, -0.05) is 24.3 Å². The van der Waals surface area contributed by atoms with E-state index in [-0.39, 0.29) is 0 Å². The number of halogens is 3. The van der Waals surface area contributed by atoms with Gasteiger partial charge in [0.1, 0.15) is 5.82 Å². The first-order chi connectivity index (χ1) is 15.5. The van der Waals surface area contributed by atoms with Crippen LogP contribution in [0.4, 0.5) is 24.5 Å². The highest BCUT2D eigenvalue weighted by Crippen LogP contribution is 2.32. The molecule has 0 aliphatic carbocycles. The van der Waals surface area contributed by atoms with Gasteiger partial charge in [-0.2, -0.15) is 13.2 Å². The van der Waals surface area contributed by atoms with Crippen molar-refractivity contribution < 1.29 is 13.2 Å². The Morgan fingerprint density at radius 1 is 0.812 bits per heavy atom. The zero-order valence-corrected chi connectivity index (χ0v) is 16.6. The van der Waals surface area contributed by atoms with E-state index in [1.807, 2.05) is 48.5 Å². The summed E-state index contributed by atoms with van der Waals surface area (Å²) in [5.74, 6) is 0.501. The lowest BCUT2D eigenvalue weighted by atomic mass is 10.1. The lowest BCUT2D eigenvalue weighted by Gasteiger charge is -2.08. The summed E-state index contributed by atoms with van der Waals surface area (Å²) in [6.07, 6.45) is 0.585. The first-order valence-electron chi connectivity index (χ1n) is 9.77. The zero-order valence-electron chi connectivity index (χ0n) is 16.6. The molecular weight excluding hydrogens is 415 g/mol. The molecule has 5 aromatic rings. The van der Waals surface area contributed by atoms with Crippen LogP contribution < -0.4 is 5.32 Å². The number of nitrogens with one attached hydrogen (secondary N) is 2. The molecule has 5 rings (SSSR count). The molecule has 5 nitrogen and oxygen atoms in total. The maximum Gasteiger partial charge on any atom is 0.416 e. The number of nitrogens with zero attached hydrogens (tertiary/aromatic N) is 3. The quantitative estimate of drug-likeness (QED) is 0.343. The molecule has 32 heavy (non-hydrogen) atoms. The van der Waals surface area contributed by atoms with E-state index in [0.717, 1.165) is 40.3 Å². The van der Waals surface area contributed by atoms with Crippen molar-refractivity contribution in [1.29, 1.82) is 0 Å². The summed E-state index contributed by atoms with van der Waals surface area (Å²) in [7, 11) is 0. The fraction of sp³-hybridized carbons (Fsp3) is 0.0417. The van der Waals surface area contributed by atoms with Crippen molar-refractivity contribution in [3.05, 3.63) is 90.9 Å². The summed E-state index contributed by atoms with van der Waals surface area (Å²) in [5.41, 5.74) is 4.33. The van der Waals surface area contributed by atoms with E-state index in [9.17, 15) is 13.2 Å². The minimum atomic E-state index is -4.40. The van der Waals surface area contributed by atoms with Gasteiger partial charge in [0.05, 0.1) is 28.5 Å². The van der Waals surface area contributed by atoms with Crippen molar-refractivity contribution >= 4 is 22.4 Å². The Bertz CT molecular complexity index is 1380. The highest BCUT2D eigenvalue weighted by Gasteiger charge is 2.30. The van der Waals surface area contributed by atoms with Crippen LogP contribution in [0.25, 0.3) is 33.7 Å². The molecule has 0 saturated carbocycles. The molecule has 0 radical (unpaired) electrons. The molecule has 158 valence electrons. The average Bonchev–Trinajstić information content (AvgIpc) is 3.23. The number of benzene rings is 3. The predicted molar refractivity (Wildman–Crippen MR) is 117 cm³/mol. The minimum Gasteiger partial charge on any atom is -0.356 e. The maximum atomic E-state index is 13.0. The first-order valence-corrected chi connectivity index (χ1v) is 9.77. The van der Waals surface area contributed by atoms with E-state index >= 15 is 0 Å². The molecule has 2 N–H and O–H groups in total. The molecule has 0 unspecified atom stereocenters. The topological polar surface area (TPSA) is 66.5 Å². The van der Waals surface area contributed by atoms with Crippen LogP contribution in [0.5, 0.6) is 0 Å². The number of hydrogen-bond donors (Lipinski definition) is 2. The molecule has 0 aliphatic heterocycles. The average molecular weight is 431 g/mol. The third kappa shape index (κ3) is 4.02.